The minimum absolute atomic E-state index is 0.354. The molecule has 0 spiro atoms. The number of rotatable bonds is 5. The third-order valence-corrected chi connectivity index (χ3v) is 4.43. The van der Waals surface area contributed by atoms with Gasteiger partial charge >= 0.3 is 0 Å². The lowest BCUT2D eigenvalue weighted by Gasteiger charge is -2.33. The summed E-state index contributed by atoms with van der Waals surface area (Å²) >= 11 is 0. The van der Waals surface area contributed by atoms with Crippen LogP contribution in [-0.4, -0.2) is 62.1 Å². The Hall–Kier alpha value is -0.610. The van der Waals surface area contributed by atoms with Crippen LogP contribution in [0.3, 0.4) is 0 Å². The molecule has 0 aromatic rings. The van der Waals surface area contributed by atoms with Crippen LogP contribution in [0.4, 0.5) is 0 Å². The van der Waals surface area contributed by atoms with Crippen LogP contribution in [0.2, 0.25) is 0 Å². The van der Waals surface area contributed by atoms with E-state index in [1.54, 1.807) is 7.11 Å². The maximum atomic E-state index is 12.1. The first-order valence-electron chi connectivity index (χ1n) is 7.59. The molecule has 2 atom stereocenters. The summed E-state index contributed by atoms with van der Waals surface area (Å²) in [4.78, 5) is 16.7. The number of carbonyl (C=O) groups is 1. The van der Waals surface area contributed by atoms with Crippen LogP contribution in [-0.2, 0) is 9.53 Å². The van der Waals surface area contributed by atoms with E-state index in [0.29, 0.717) is 24.2 Å². The lowest BCUT2D eigenvalue weighted by molar-refractivity contribution is -0.131. The molecule has 0 bridgehead atoms. The first-order valence-corrected chi connectivity index (χ1v) is 7.59. The third kappa shape index (κ3) is 3.93. The first kappa shape index (κ1) is 14.8. The lowest BCUT2D eigenvalue weighted by atomic mass is 9.89. The zero-order valence-corrected chi connectivity index (χ0v) is 12.6. The van der Waals surface area contributed by atoms with Gasteiger partial charge in [-0.05, 0) is 30.7 Å². The predicted molar refractivity (Wildman–Crippen MR) is 75.9 cm³/mol. The van der Waals surface area contributed by atoms with Crippen molar-refractivity contribution in [2.75, 3.05) is 46.4 Å². The largest absolute Gasteiger partial charge is 0.383 e. The number of carbonyl (C=O) groups excluding carboxylic acids is 1. The minimum Gasteiger partial charge on any atom is -0.383 e. The van der Waals surface area contributed by atoms with Gasteiger partial charge in [0.15, 0.2) is 0 Å². The molecule has 0 radical (unpaired) electrons. The van der Waals surface area contributed by atoms with E-state index in [9.17, 15) is 4.79 Å². The Morgan fingerprint density at radius 3 is 2.68 bits per heavy atom. The second-order valence-electron chi connectivity index (χ2n) is 6.50. The fraction of sp³-hybridized carbons (Fsp3) is 0.933. The molecule has 4 nitrogen and oxygen atoms in total. The van der Waals surface area contributed by atoms with Crippen LogP contribution in [0.15, 0.2) is 0 Å². The number of amides is 1. The van der Waals surface area contributed by atoms with E-state index in [1.807, 2.05) is 0 Å². The quantitative estimate of drug-likeness (QED) is 0.757. The monoisotopic (exact) mass is 268 g/mol. The van der Waals surface area contributed by atoms with Crippen LogP contribution in [0, 0.1) is 17.8 Å². The van der Waals surface area contributed by atoms with E-state index in [0.717, 1.165) is 45.2 Å². The Morgan fingerprint density at radius 2 is 2.00 bits per heavy atom. The molecule has 110 valence electrons. The summed E-state index contributed by atoms with van der Waals surface area (Å²) in [5.41, 5.74) is 0. The molecule has 1 amide bonds. The predicted octanol–water partition coefficient (Wildman–Crippen LogP) is 1.46. The standard InChI is InChI=1S/C15H28N2O2/c1-12(2)8-15(18)17-10-13-4-5-16(6-7-19-3)9-14(13)11-17/h12-14H,4-11H2,1-3H3/t13-,14+/m0/s1. The van der Waals surface area contributed by atoms with Crippen molar-refractivity contribution in [1.82, 2.24) is 9.80 Å². The summed E-state index contributed by atoms with van der Waals surface area (Å²) in [7, 11) is 1.76. The van der Waals surface area contributed by atoms with Gasteiger partial charge in [0.2, 0.25) is 5.91 Å². The molecular formula is C15H28N2O2. The number of methoxy groups -OCH3 is 1. The van der Waals surface area contributed by atoms with Crippen LogP contribution < -0.4 is 0 Å². The Bertz CT molecular complexity index is 307. The molecule has 0 aromatic carbocycles. The van der Waals surface area contributed by atoms with Crippen molar-refractivity contribution in [3.63, 3.8) is 0 Å². The van der Waals surface area contributed by atoms with Gasteiger partial charge in [0.1, 0.15) is 0 Å². The van der Waals surface area contributed by atoms with Crippen LogP contribution >= 0.6 is 0 Å². The Kier molecular flexibility index (Phi) is 5.22. The SMILES string of the molecule is COCCN1CC[C@H]2CN(C(=O)CC(C)C)C[C@H]2C1. The number of hydrogen-bond acceptors (Lipinski definition) is 3. The number of piperidine rings is 1. The summed E-state index contributed by atoms with van der Waals surface area (Å²) < 4.78 is 5.15. The highest BCUT2D eigenvalue weighted by molar-refractivity contribution is 5.76. The fourth-order valence-electron chi connectivity index (χ4n) is 3.35. The van der Waals surface area contributed by atoms with Crippen LogP contribution in [0.1, 0.15) is 26.7 Å². The molecule has 19 heavy (non-hydrogen) atoms. The Labute approximate surface area is 117 Å². The highest BCUT2D eigenvalue weighted by atomic mass is 16.5. The molecule has 0 aliphatic carbocycles. The summed E-state index contributed by atoms with van der Waals surface area (Å²) in [6.45, 7) is 10.3. The molecule has 2 heterocycles. The molecule has 2 aliphatic rings. The van der Waals surface area contributed by atoms with Crippen LogP contribution in [0.5, 0.6) is 0 Å². The number of ether oxygens (including phenoxy) is 1. The molecule has 0 aromatic heterocycles. The smallest absolute Gasteiger partial charge is 0.222 e. The molecule has 0 unspecified atom stereocenters. The number of nitrogens with zero attached hydrogens (tertiary/aromatic N) is 2. The normalized spacial score (nSPS) is 27.9. The van der Waals surface area contributed by atoms with Crippen molar-refractivity contribution in [3.05, 3.63) is 0 Å². The zero-order chi connectivity index (χ0) is 13.8. The molecule has 4 heteroatoms. The van der Waals surface area contributed by atoms with Gasteiger partial charge in [-0.3, -0.25) is 4.79 Å². The maximum Gasteiger partial charge on any atom is 0.222 e. The summed E-state index contributed by atoms with van der Waals surface area (Å²) in [5.74, 6) is 2.23. The van der Waals surface area contributed by atoms with Crippen molar-refractivity contribution in [3.8, 4) is 0 Å². The average Bonchev–Trinajstić information content (AvgIpc) is 2.78. The van der Waals surface area contributed by atoms with Crippen molar-refractivity contribution in [2.45, 2.75) is 26.7 Å². The van der Waals surface area contributed by atoms with E-state index >= 15 is 0 Å². The van der Waals surface area contributed by atoms with Crippen molar-refractivity contribution < 1.29 is 9.53 Å². The van der Waals surface area contributed by atoms with Crippen LogP contribution in [0.25, 0.3) is 0 Å². The minimum atomic E-state index is 0.354. The van der Waals surface area contributed by atoms with Gasteiger partial charge in [-0.25, -0.2) is 0 Å². The topological polar surface area (TPSA) is 32.8 Å². The van der Waals surface area contributed by atoms with E-state index in [2.05, 4.69) is 23.6 Å². The second kappa shape index (κ2) is 6.71. The zero-order valence-electron chi connectivity index (χ0n) is 12.6. The van der Waals surface area contributed by atoms with E-state index in [1.165, 1.54) is 6.42 Å². The summed E-state index contributed by atoms with van der Waals surface area (Å²) in [6.07, 6.45) is 1.94. The second-order valence-corrected chi connectivity index (χ2v) is 6.50. The fourth-order valence-corrected chi connectivity index (χ4v) is 3.35. The maximum absolute atomic E-state index is 12.1. The number of fused-ring (bicyclic) bond motifs is 1. The van der Waals surface area contributed by atoms with Gasteiger partial charge in [0.05, 0.1) is 6.61 Å². The molecule has 0 N–H and O–H groups in total. The molecule has 2 saturated heterocycles. The van der Waals surface area contributed by atoms with Gasteiger partial charge in [0.25, 0.3) is 0 Å². The molecule has 0 saturated carbocycles. The Balaban J connectivity index is 1.82. The lowest BCUT2D eigenvalue weighted by Crippen LogP contribution is -2.41. The first-order chi connectivity index (χ1) is 9.10. The van der Waals surface area contributed by atoms with Crippen molar-refractivity contribution >= 4 is 5.91 Å². The summed E-state index contributed by atoms with van der Waals surface area (Å²) in [6, 6.07) is 0. The van der Waals surface area contributed by atoms with Gasteiger partial charge in [-0.1, -0.05) is 13.8 Å². The Morgan fingerprint density at radius 1 is 1.26 bits per heavy atom. The van der Waals surface area contributed by atoms with Crippen molar-refractivity contribution in [1.29, 1.82) is 0 Å². The van der Waals surface area contributed by atoms with Crippen molar-refractivity contribution in [2.24, 2.45) is 17.8 Å². The molecule has 2 fully saturated rings. The van der Waals surface area contributed by atoms with E-state index in [4.69, 9.17) is 4.74 Å². The highest BCUT2D eigenvalue weighted by Gasteiger charge is 2.38. The average molecular weight is 268 g/mol. The highest BCUT2D eigenvalue weighted by Crippen LogP contribution is 2.31. The number of likely N-dealkylation sites (tertiary alicyclic amines) is 2. The summed E-state index contributed by atoms with van der Waals surface area (Å²) in [5, 5.41) is 0. The molecule has 2 aliphatic heterocycles. The molecule has 2 rings (SSSR count). The van der Waals surface area contributed by atoms with Gasteiger partial charge in [-0.15, -0.1) is 0 Å². The van der Waals surface area contributed by atoms with Gasteiger partial charge in [-0.2, -0.15) is 0 Å². The number of hydrogen-bond donors (Lipinski definition) is 0. The van der Waals surface area contributed by atoms with Gasteiger partial charge < -0.3 is 14.5 Å². The van der Waals surface area contributed by atoms with Gasteiger partial charge in [0, 0.05) is 39.7 Å². The van der Waals surface area contributed by atoms with E-state index < -0.39 is 0 Å². The molecular weight excluding hydrogens is 240 g/mol. The van der Waals surface area contributed by atoms with E-state index in [-0.39, 0.29) is 0 Å². The third-order valence-electron chi connectivity index (χ3n) is 4.43.